The molecule has 1 aromatic heterocycles. The quantitative estimate of drug-likeness (QED) is 0.579. The van der Waals surface area contributed by atoms with E-state index < -0.39 is 0 Å². The lowest BCUT2D eigenvalue weighted by Gasteiger charge is -2.13. The van der Waals surface area contributed by atoms with Crippen molar-refractivity contribution in [3.8, 4) is 5.88 Å². The summed E-state index contributed by atoms with van der Waals surface area (Å²) in [6.07, 6.45) is 9.30. The van der Waals surface area contributed by atoms with Crippen LogP contribution in [0.25, 0.3) is 0 Å². The summed E-state index contributed by atoms with van der Waals surface area (Å²) in [7, 11) is 0. The second-order valence-electron chi connectivity index (χ2n) is 4.38. The lowest BCUT2D eigenvalue weighted by Crippen LogP contribution is -2.15. The molecule has 1 heterocycles. The van der Waals surface area contributed by atoms with Crippen molar-refractivity contribution in [2.45, 2.75) is 52.1 Å². The van der Waals surface area contributed by atoms with Crippen LogP contribution in [-0.4, -0.2) is 21.1 Å². The molecule has 0 bridgehead atoms. The van der Waals surface area contributed by atoms with E-state index in [0.717, 1.165) is 6.42 Å². The number of rotatable bonds is 8. The summed E-state index contributed by atoms with van der Waals surface area (Å²) in [5.74, 6) is 0.526. The first kappa shape index (κ1) is 14.8. The van der Waals surface area contributed by atoms with E-state index >= 15 is 0 Å². The zero-order chi connectivity index (χ0) is 13.4. The van der Waals surface area contributed by atoms with Crippen molar-refractivity contribution in [1.82, 2.24) is 9.97 Å². The molecule has 5 heteroatoms. The SMILES string of the molecule is CCCCCCC(C)Oc1cnc(C(N)=S)cn1. The predicted molar refractivity (Wildman–Crippen MR) is 76.8 cm³/mol. The Labute approximate surface area is 114 Å². The molecular formula is C13H21N3OS. The zero-order valence-corrected chi connectivity index (χ0v) is 11.9. The second-order valence-corrected chi connectivity index (χ2v) is 4.82. The van der Waals surface area contributed by atoms with Gasteiger partial charge in [-0.3, -0.25) is 0 Å². The maximum atomic E-state index is 5.67. The molecule has 0 aliphatic rings. The number of ether oxygens (including phenoxy) is 1. The van der Waals surface area contributed by atoms with Gasteiger partial charge in [-0.15, -0.1) is 0 Å². The highest BCUT2D eigenvalue weighted by Gasteiger charge is 2.06. The third-order valence-electron chi connectivity index (χ3n) is 2.67. The van der Waals surface area contributed by atoms with Crippen LogP contribution >= 0.6 is 12.2 Å². The molecule has 0 saturated heterocycles. The van der Waals surface area contributed by atoms with E-state index in [1.54, 1.807) is 12.4 Å². The Hall–Kier alpha value is -1.23. The molecule has 1 unspecified atom stereocenters. The fraction of sp³-hybridized carbons (Fsp3) is 0.615. The van der Waals surface area contributed by atoms with E-state index in [1.807, 2.05) is 0 Å². The lowest BCUT2D eigenvalue weighted by molar-refractivity contribution is 0.197. The number of hydrogen-bond donors (Lipinski definition) is 1. The van der Waals surface area contributed by atoms with E-state index in [4.69, 9.17) is 22.7 Å². The molecule has 0 aliphatic heterocycles. The minimum atomic E-state index is 0.159. The predicted octanol–water partition coefficient (Wildman–Crippen LogP) is 2.85. The number of nitrogens with zero attached hydrogens (tertiary/aromatic N) is 2. The third kappa shape index (κ3) is 5.40. The Balaban J connectivity index is 2.35. The summed E-state index contributed by atoms with van der Waals surface area (Å²) in [5, 5.41) is 0. The first-order valence-electron chi connectivity index (χ1n) is 6.42. The summed E-state index contributed by atoms with van der Waals surface area (Å²) < 4.78 is 5.67. The fourth-order valence-corrected chi connectivity index (χ4v) is 1.73. The van der Waals surface area contributed by atoms with E-state index in [0.29, 0.717) is 11.6 Å². The first-order valence-corrected chi connectivity index (χ1v) is 6.82. The van der Waals surface area contributed by atoms with Crippen LogP contribution in [-0.2, 0) is 0 Å². The molecule has 0 aromatic carbocycles. The van der Waals surface area contributed by atoms with E-state index in [9.17, 15) is 0 Å². The van der Waals surface area contributed by atoms with Crippen molar-refractivity contribution >= 4 is 17.2 Å². The second kappa shape index (κ2) is 7.97. The van der Waals surface area contributed by atoms with Gasteiger partial charge in [-0.25, -0.2) is 9.97 Å². The number of unbranched alkanes of at least 4 members (excludes halogenated alkanes) is 3. The van der Waals surface area contributed by atoms with Crippen molar-refractivity contribution in [1.29, 1.82) is 0 Å². The number of nitrogens with two attached hydrogens (primary N) is 1. The van der Waals surface area contributed by atoms with Crippen LogP contribution in [0, 0.1) is 0 Å². The van der Waals surface area contributed by atoms with Crippen LogP contribution in [0.1, 0.15) is 51.6 Å². The Kier molecular flexibility index (Phi) is 6.57. The van der Waals surface area contributed by atoms with Crippen molar-refractivity contribution in [2.24, 2.45) is 5.73 Å². The Morgan fingerprint density at radius 2 is 2.11 bits per heavy atom. The zero-order valence-electron chi connectivity index (χ0n) is 11.1. The molecule has 2 N–H and O–H groups in total. The lowest BCUT2D eigenvalue weighted by atomic mass is 10.1. The van der Waals surface area contributed by atoms with Gasteiger partial charge in [0.1, 0.15) is 10.7 Å². The normalized spacial score (nSPS) is 12.1. The number of aromatic nitrogens is 2. The standard InChI is InChI=1S/C13H21N3OS/c1-3-4-5-6-7-10(2)17-12-9-15-11(8-16-12)13(14)18/h8-10H,3-7H2,1-2H3,(H2,14,18). The topological polar surface area (TPSA) is 61.0 Å². The van der Waals surface area contributed by atoms with Crippen LogP contribution in [0.3, 0.4) is 0 Å². The highest BCUT2D eigenvalue weighted by Crippen LogP contribution is 2.12. The fourth-order valence-electron chi connectivity index (χ4n) is 1.63. The van der Waals surface area contributed by atoms with Gasteiger partial charge in [-0.05, 0) is 19.8 Å². The van der Waals surface area contributed by atoms with Crippen LogP contribution in [0.5, 0.6) is 5.88 Å². The monoisotopic (exact) mass is 267 g/mol. The molecular weight excluding hydrogens is 246 g/mol. The van der Waals surface area contributed by atoms with Gasteiger partial charge in [0.05, 0.1) is 18.5 Å². The molecule has 0 saturated carbocycles. The summed E-state index contributed by atoms with van der Waals surface area (Å²) >= 11 is 4.81. The molecule has 0 amide bonds. The molecule has 0 fully saturated rings. The molecule has 1 aromatic rings. The number of thiocarbonyl (C=S) groups is 1. The van der Waals surface area contributed by atoms with E-state index in [2.05, 4.69) is 23.8 Å². The van der Waals surface area contributed by atoms with E-state index in [1.165, 1.54) is 25.7 Å². The Morgan fingerprint density at radius 3 is 2.67 bits per heavy atom. The van der Waals surface area contributed by atoms with Gasteiger partial charge >= 0.3 is 0 Å². The summed E-state index contributed by atoms with van der Waals surface area (Å²) in [6, 6.07) is 0. The van der Waals surface area contributed by atoms with Gasteiger partial charge in [-0.2, -0.15) is 0 Å². The third-order valence-corrected chi connectivity index (χ3v) is 2.88. The molecule has 0 spiro atoms. The molecule has 100 valence electrons. The van der Waals surface area contributed by atoms with Crippen LogP contribution in [0.15, 0.2) is 12.4 Å². The van der Waals surface area contributed by atoms with Crippen LogP contribution in [0.4, 0.5) is 0 Å². The van der Waals surface area contributed by atoms with E-state index in [-0.39, 0.29) is 11.1 Å². The number of hydrogen-bond acceptors (Lipinski definition) is 4. The Bertz CT molecular complexity index is 367. The highest BCUT2D eigenvalue weighted by molar-refractivity contribution is 7.80. The van der Waals surface area contributed by atoms with Crippen molar-refractivity contribution in [3.63, 3.8) is 0 Å². The smallest absolute Gasteiger partial charge is 0.232 e. The average Bonchev–Trinajstić information content (AvgIpc) is 2.35. The van der Waals surface area contributed by atoms with Crippen LogP contribution < -0.4 is 10.5 Å². The van der Waals surface area contributed by atoms with Gasteiger partial charge < -0.3 is 10.5 Å². The average molecular weight is 267 g/mol. The van der Waals surface area contributed by atoms with Crippen LogP contribution in [0.2, 0.25) is 0 Å². The molecule has 0 aliphatic carbocycles. The molecule has 0 radical (unpaired) electrons. The van der Waals surface area contributed by atoms with Gasteiger partial charge in [0.2, 0.25) is 5.88 Å². The minimum absolute atomic E-state index is 0.159. The molecule has 1 rings (SSSR count). The van der Waals surface area contributed by atoms with Crippen molar-refractivity contribution in [2.75, 3.05) is 0 Å². The maximum Gasteiger partial charge on any atom is 0.232 e. The molecule has 4 nitrogen and oxygen atoms in total. The van der Waals surface area contributed by atoms with Crippen molar-refractivity contribution < 1.29 is 4.74 Å². The van der Waals surface area contributed by atoms with Gasteiger partial charge in [-0.1, -0.05) is 38.4 Å². The van der Waals surface area contributed by atoms with Crippen molar-refractivity contribution in [3.05, 3.63) is 18.1 Å². The Morgan fingerprint density at radius 1 is 1.33 bits per heavy atom. The highest BCUT2D eigenvalue weighted by atomic mass is 32.1. The first-order chi connectivity index (χ1) is 8.63. The van der Waals surface area contributed by atoms with Gasteiger partial charge in [0, 0.05) is 0 Å². The maximum absolute atomic E-state index is 5.67. The summed E-state index contributed by atoms with van der Waals surface area (Å²) in [4.78, 5) is 8.47. The largest absolute Gasteiger partial charge is 0.474 e. The van der Waals surface area contributed by atoms with Gasteiger partial charge in [0.25, 0.3) is 0 Å². The summed E-state index contributed by atoms with van der Waals surface area (Å²) in [6.45, 7) is 4.26. The minimum Gasteiger partial charge on any atom is -0.474 e. The van der Waals surface area contributed by atoms with Gasteiger partial charge in [0.15, 0.2) is 0 Å². The summed E-state index contributed by atoms with van der Waals surface area (Å²) in [5.41, 5.74) is 5.97. The molecule has 18 heavy (non-hydrogen) atoms. The molecule has 1 atom stereocenters.